The van der Waals surface area contributed by atoms with Crippen molar-refractivity contribution in [3.63, 3.8) is 0 Å². The predicted octanol–water partition coefficient (Wildman–Crippen LogP) is 0.415. The van der Waals surface area contributed by atoms with Crippen molar-refractivity contribution < 1.29 is 9.90 Å². The highest BCUT2D eigenvalue weighted by Crippen LogP contribution is 2.21. The maximum atomic E-state index is 10.3. The molecule has 0 N–H and O–H groups in total. The number of aryl methyl sites for hydroxylation is 1. The van der Waals surface area contributed by atoms with E-state index in [1.165, 1.54) is 11.8 Å². The average molecular weight is 221 g/mol. The molecule has 0 amide bonds. The molecule has 2 aromatic rings. The van der Waals surface area contributed by atoms with Gasteiger partial charge in [-0.15, -0.1) is 0 Å². The van der Waals surface area contributed by atoms with Crippen LogP contribution in [0.15, 0.2) is 29.4 Å². The number of nitrogens with zero attached hydrogens (tertiary/aromatic N) is 2. The molecule has 0 saturated carbocycles. The number of carboxylic acids is 1. The average Bonchev–Trinajstić information content (AvgIpc) is 2.54. The molecule has 0 aliphatic rings. The molecule has 0 unspecified atom stereocenters. The number of hydrogen-bond donors (Lipinski definition) is 0. The van der Waals surface area contributed by atoms with E-state index in [0.717, 1.165) is 11.0 Å². The summed E-state index contributed by atoms with van der Waals surface area (Å²) in [5.41, 5.74) is 1.87. The number of rotatable bonds is 3. The highest BCUT2D eigenvalue weighted by Gasteiger charge is 2.06. The number of hydrogen-bond acceptors (Lipinski definition) is 4. The summed E-state index contributed by atoms with van der Waals surface area (Å²) in [7, 11) is 1.87. The normalized spacial score (nSPS) is 10.7. The van der Waals surface area contributed by atoms with Crippen LogP contribution in [0.1, 0.15) is 0 Å². The molecule has 0 radical (unpaired) electrons. The minimum absolute atomic E-state index is 0.0723. The molecule has 0 spiro atoms. The van der Waals surface area contributed by atoms with Gasteiger partial charge in [0, 0.05) is 12.8 Å². The van der Waals surface area contributed by atoms with Crippen molar-refractivity contribution >= 4 is 28.8 Å². The summed E-state index contributed by atoms with van der Waals surface area (Å²) < 4.78 is 1.88. The first-order valence-corrected chi connectivity index (χ1v) is 5.41. The standard InChI is InChI=1S/C10H10N2O2S/c1-12-8-5-3-2-4-7(8)11-10(12)15-6-9(13)14/h2-5H,6H2,1H3,(H,13,14)/p-1. The first kappa shape index (κ1) is 10.0. The van der Waals surface area contributed by atoms with Gasteiger partial charge < -0.3 is 14.5 Å². The zero-order valence-corrected chi connectivity index (χ0v) is 8.95. The Morgan fingerprint density at radius 2 is 2.27 bits per heavy atom. The zero-order chi connectivity index (χ0) is 10.8. The van der Waals surface area contributed by atoms with Crippen LogP contribution in [-0.2, 0) is 11.8 Å². The lowest BCUT2D eigenvalue weighted by atomic mass is 10.3. The van der Waals surface area contributed by atoms with Crippen LogP contribution in [0.5, 0.6) is 0 Å². The number of imidazole rings is 1. The SMILES string of the molecule is Cn1c(SCC(=O)[O-])nc2ccccc21. The van der Waals surface area contributed by atoms with Crippen LogP contribution < -0.4 is 5.11 Å². The van der Waals surface area contributed by atoms with Gasteiger partial charge >= 0.3 is 0 Å². The highest BCUT2D eigenvalue weighted by atomic mass is 32.2. The topological polar surface area (TPSA) is 58.0 Å². The van der Waals surface area contributed by atoms with Gasteiger partial charge in [0.25, 0.3) is 0 Å². The van der Waals surface area contributed by atoms with E-state index in [4.69, 9.17) is 0 Å². The van der Waals surface area contributed by atoms with E-state index in [1.807, 2.05) is 35.9 Å². The van der Waals surface area contributed by atoms with E-state index in [-0.39, 0.29) is 5.75 Å². The molecular weight excluding hydrogens is 212 g/mol. The molecule has 15 heavy (non-hydrogen) atoms. The van der Waals surface area contributed by atoms with E-state index in [1.54, 1.807) is 0 Å². The number of carboxylic acid groups (broad SMARTS) is 1. The Bertz CT molecular complexity index is 507. The van der Waals surface area contributed by atoms with Crippen LogP contribution in [0.4, 0.5) is 0 Å². The fourth-order valence-corrected chi connectivity index (χ4v) is 2.08. The van der Waals surface area contributed by atoms with Crippen LogP contribution >= 0.6 is 11.8 Å². The van der Waals surface area contributed by atoms with Gasteiger partial charge in [0.15, 0.2) is 5.16 Å². The van der Waals surface area contributed by atoms with Gasteiger partial charge in [-0.25, -0.2) is 4.98 Å². The second-order valence-electron chi connectivity index (χ2n) is 3.10. The lowest BCUT2D eigenvalue weighted by Crippen LogP contribution is -2.24. The van der Waals surface area contributed by atoms with Crippen molar-refractivity contribution in [2.24, 2.45) is 7.05 Å². The van der Waals surface area contributed by atoms with Crippen LogP contribution in [0.25, 0.3) is 11.0 Å². The van der Waals surface area contributed by atoms with E-state index >= 15 is 0 Å². The molecule has 0 bridgehead atoms. The molecule has 0 aliphatic carbocycles. The van der Waals surface area contributed by atoms with Crippen LogP contribution in [0.2, 0.25) is 0 Å². The molecule has 0 fully saturated rings. The quantitative estimate of drug-likeness (QED) is 0.705. The van der Waals surface area contributed by atoms with Crippen molar-refractivity contribution in [2.45, 2.75) is 5.16 Å². The van der Waals surface area contributed by atoms with Gasteiger partial charge in [-0.3, -0.25) is 0 Å². The van der Waals surface area contributed by atoms with Gasteiger partial charge in [-0.2, -0.15) is 0 Å². The lowest BCUT2D eigenvalue weighted by Gasteiger charge is -2.02. The molecule has 4 nitrogen and oxygen atoms in total. The third-order valence-corrected chi connectivity index (χ3v) is 3.07. The molecule has 0 atom stereocenters. The van der Waals surface area contributed by atoms with E-state index in [2.05, 4.69) is 4.98 Å². The molecule has 2 rings (SSSR count). The smallest absolute Gasteiger partial charge is 0.169 e. The van der Waals surface area contributed by atoms with Gasteiger partial charge in [0.1, 0.15) is 0 Å². The molecule has 0 aliphatic heterocycles. The number of thioether (sulfide) groups is 1. The predicted molar refractivity (Wildman–Crippen MR) is 56.4 cm³/mol. The molecule has 0 saturated heterocycles. The van der Waals surface area contributed by atoms with E-state index in [9.17, 15) is 9.90 Å². The van der Waals surface area contributed by atoms with Gasteiger partial charge in [-0.1, -0.05) is 23.9 Å². The Labute approximate surface area is 90.9 Å². The number of aromatic nitrogens is 2. The third-order valence-electron chi connectivity index (χ3n) is 2.07. The molecule has 1 aromatic heterocycles. The Morgan fingerprint density at radius 3 is 2.93 bits per heavy atom. The van der Waals surface area contributed by atoms with Crippen molar-refractivity contribution in [2.75, 3.05) is 5.75 Å². The monoisotopic (exact) mass is 221 g/mol. The van der Waals surface area contributed by atoms with Crippen molar-refractivity contribution in [3.05, 3.63) is 24.3 Å². The van der Waals surface area contributed by atoms with Gasteiger partial charge in [0.05, 0.1) is 17.0 Å². The van der Waals surface area contributed by atoms with Gasteiger partial charge in [-0.05, 0) is 12.1 Å². The molecule has 1 aromatic carbocycles. The first-order chi connectivity index (χ1) is 7.18. The van der Waals surface area contributed by atoms with Crippen molar-refractivity contribution in [1.29, 1.82) is 0 Å². The maximum Gasteiger partial charge on any atom is 0.169 e. The Balaban J connectivity index is 2.36. The van der Waals surface area contributed by atoms with Crippen molar-refractivity contribution in [3.8, 4) is 0 Å². The molecule has 78 valence electrons. The second kappa shape index (κ2) is 3.94. The molecule has 5 heteroatoms. The maximum absolute atomic E-state index is 10.3. The van der Waals surface area contributed by atoms with Gasteiger partial charge in [0.2, 0.25) is 0 Å². The zero-order valence-electron chi connectivity index (χ0n) is 8.14. The van der Waals surface area contributed by atoms with Crippen LogP contribution in [0.3, 0.4) is 0 Å². The summed E-state index contributed by atoms with van der Waals surface area (Å²) in [5, 5.41) is 11.0. The fraction of sp³-hybridized carbons (Fsp3) is 0.200. The number of fused-ring (bicyclic) bond motifs is 1. The summed E-state index contributed by atoms with van der Waals surface area (Å²) >= 11 is 1.17. The molecular formula is C10H9N2O2S-. The summed E-state index contributed by atoms with van der Waals surface area (Å²) in [4.78, 5) is 14.6. The largest absolute Gasteiger partial charge is 0.549 e. The van der Waals surface area contributed by atoms with E-state index in [0.29, 0.717) is 5.16 Å². The second-order valence-corrected chi connectivity index (χ2v) is 4.05. The summed E-state index contributed by atoms with van der Waals surface area (Å²) in [6.07, 6.45) is 0. The fourth-order valence-electron chi connectivity index (χ4n) is 1.38. The number of carbonyl (C=O) groups excluding carboxylic acids is 1. The Kier molecular flexibility index (Phi) is 2.64. The number of para-hydroxylation sites is 2. The highest BCUT2D eigenvalue weighted by molar-refractivity contribution is 7.99. The number of carbonyl (C=O) groups is 1. The number of aliphatic carboxylic acids is 1. The third kappa shape index (κ3) is 1.97. The van der Waals surface area contributed by atoms with E-state index < -0.39 is 5.97 Å². The van der Waals surface area contributed by atoms with Crippen LogP contribution in [-0.4, -0.2) is 21.3 Å². The number of benzene rings is 1. The minimum Gasteiger partial charge on any atom is -0.549 e. The summed E-state index contributed by atoms with van der Waals surface area (Å²) in [5.74, 6) is -1.15. The Hall–Kier alpha value is -1.49. The summed E-state index contributed by atoms with van der Waals surface area (Å²) in [6.45, 7) is 0. The summed E-state index contributed by atoms with van der Waals surface area (Å²) in [6, 6.07) is 7.68. The van der Waals surface area contributed by atoms with Crippen molar-refractivity contribution in [1.82, 2.24) is 9.55 Å². The minimum atomic E-state index is -1.08. The molecule has 1 heterocycles. The Morgan fingerprint density at radius 1 is 1.53 bits per heavy atom. The van der Waals surface area contributed by atoms with Crippen LogP contribution in [0, 0.1) is 0 Å². The first-order valence-electron chi connectivity index (χ1n) is 4.42. The lowest BCUT2D eigenvalue weighted by molar-refractivity contribution is -0.301.